The predicted octanol–water partition coefficient (Wildman–Crippen LogP) is 0.530. The average Bonchev–Trinajstić information content (AvgIpc) is 3.09. The fraction of sp³-hybridized carbons (Fsp3) is 0.500. The first-order chi connectivity index (χ1) is 11.1. The molecule has 9 heteroatoms. The highest BCUT2D eigenvalue weighted by molar-refractivity contribution is 7.89. The van der Waals surface area contributed by atoms with Crippen LogP contribution >= 0.6 is 0 Å². The quantitative estimate of drug-likeness (QED) is 0.854. The number of morpholine rings is 1. The van der Waals surface area contributed by atoms with Crippen molar-refractivity contribution in [2.75, 3.05) is 19.7 Å². The normalized spacial score (nSPS) is 19.8. The van der Waals surface area contributed by atoms with Gasteiger partial charge < -0.3 is 4.74 Å². The first-order valence-corrected chi connectivity index (χ1v) is 8.88. The molecule has 1 unspecified atom stereocenters. The van der Waals surface area contributed by atoms with Gasteiger partial charge in [0.05, 0.1) is 18.9 Å². The third-order valence-corrected chi connectivity index (χ3v) is 5.63. The van der Waals surface area contributed by atoms with Crippen LogP contribution in [0.25, 0.3) is 0 Å². The van der Waals surface area contributed by atoms with Gasteiger partial charge in [0.25, 0.3) is 0 Å². The number of H-pyrrole nitrogens is 1. The highest BCUT2D eigenvalue weighted by Gasteiger charge is 2.31. The lowest BCUT2D eigenvalue weighted by Crippen LogP contribution is -2.45. The summed E-state index contributed by atoms with van der Waals surface area (Å²) in [6.07, 6.45) is 5.57. The molecular weight excluding hydrogens is 318 g/mol. The molecule has 124 valence electrons. The van der Waals surface area contributed by atoms with Gasteiger partial charge >= 0.3 is 0 Å². The second kappa shape index (κ2) is 6.73. The SMILES string of the molecule is Cc1cc(CCC2CN(S(=O)(=O)c3cn[nH]c3)CCO2)ncn1. The summed E-state index contributed by atoms with van der Waals surface area (Å²) in [4.78, 5) is 8.47. The largest absolute Gasteiger partial charge is 0.375 e. The van der Waals surface area contributed by atoms with Crippen molar-refractivity contribution in [3.8, 4) is 0 Å². The van der Waals surface area contributed by atoms with E-state index in [1.54, 1.807) is 6.33 Å². The standard InChI is InChI=1S/C14H19N5O3S/c1-11-6-12(16-10-15-11)2-3-13-9-19(4-5-22-13)23(20,21)14-7-17-18-8-14/h6-8,10,13H,2-5,9H2,1H3,(H,17,18). The van der Waals surface area contributed by atoms with Crippen LogP contribution in [0.4, 0.5) is 0 Å². The molecule has 3 heterocycles. The molecule has 1 atom stereocenters. The third kappa shape index (κ3) is 3.74. The van der Waals surface area contributed by atoms with Crippen molar-refractivity contribution >= 4 is 10.0 Å². The lowest BCUT2D eigenvalue weighted by molar-refractivity contribution is -0.00538. The maximum Gasteiger partial charge on any atom is 0.246 e. The number of aromatic amines is 1. The van der Waals surface area contributed by atoms with Crippen molar-refractivity contribution in [1.29, 1.82) is 0 Å². The number of rotatable bonds is 5. The fourth-order valence-corrected chi connectivity index (χ4v) is 3.93. The van der Waals surface area contributed by atoms with Crippen LogP contribution < -0.4 is 0 Å². The zero-order chi connectivity index (χ0) is 16.3. The molecule has 0 spiro atoms. The molecule has 1 saturated heterocycles. The Balaban J connectivity index is 1.62. The van der Waals surface area contributed by atoms with Crippen LogP contribution in [0, 0.1) is 6.92 Å². The smallest absolute Gasteiger partial charge is 0.246 e. The maximum absolute atomic E-state index is 12.5. The summed E-state index contributed by atoms with van der Waals surface area (Å²) in [5.41, 5.74) is 1.86. The molecule has 23 heavy (non-hydrogen) atoms. The van der Waals surface area contributed by atoms with Crippen molar-refractivity contribution < 1.29 is 13.2 Å². The summed E-state index contributed by atoms with van der Waals surface area (Å²) in [6.45, 7) is 3.01. The summed E-state index contributed by atoms with van der Waals surface area (Å²) < 4.78 is 32.2. The number of ether oxygens (including phenoxy) is 1. The van der Waals surface area contributed by atoms with Crippen LogP contribution in [0.1, 0.15) is 17.8 Å². The van der Waals surface area contributed by atoms with Crippen LogP contribution in [0.3, 0.4) is 0 Å². The van der Waals surface area contributed by atoms with Crippen molar-refractivity contribution in [2.45, 2.75) is 30.8 Å². The second-order valence-corrected chi connectivity index (χ2v) is 7.42. The zero-order valence-corrected chi connectivity index (χ0v) is 13.7. The maximum atomic E-state index is 12.5. The minimum atomic E-state index is -3.51. The van der Waals surface area contributed by atoms with Crippen LogP contribution in [-0.2, 0) is 21.2 Å². The molecule has 1 fully saturated rings. The van der Waals surface area contributed by atoms with Gasteiger partial charge in [-0.1, -0.05) is 0 Å². The molecule has 1 aliphatic rings. The van der Waals surface area contributed by atoms with E-state index in [-0.39, 0.29) is 11.0 Å². The summed E-state index contributed by atoms with van der Waals surface area (Å²) in [5.74, 6) is 0. The third-order valence-electron chi connectivity index (χ3n) is 3.80. The van der Waals surface area contributed by atoms with Crippen molar-refractivity contribution in [3.63, 3.8) is 0 Å². The van der Waals surface area contributed by atoms with Gasteiger partial charge in [-0.15, -0.1) is 0 Å². The highest BCUT2D eigenvalue weighted by Crippen LogP contribution is 2.19. The van der Waals surface area contributed by atoms with E-state index >= 15 is 0 Å². The Morgan fingerprint density at radius 3 is 3.04 bits per heavy atom. The number of nitrogens with zero attached hydrogens (tertiary/aromatic N) is 4. The Morgan fingerprint density at radius 2 is 2.30 bits per heavy atom. The molecule has 0 bridgehead atoms. The number of nitrogens with one attached hydrogen (secondary N) is 1. The molecule has 0 radical (unpaired) electrons. The minimum Gasteiger partial charge on any atom is -0.375 e. The number of sulfonamides is 1. The number of hydrogen-bond donors (Lipinski definition) is 1. The first kappa shape index (κ1) is 16.0. The molecule has 0 saturated carbocycles. The van der Waals surface area contributed by atoms with Crippen molar-refractivity contribution in [3.05, 3.63) is 36.2 Å². The molecule has 1 aliphatic heterocycles. The van der Waals surface area contributed by atoms with E-state index in [1.807, 2.05) is 13.0 Å². The van der Waals surface area contributed by atoms with E-state index in [4.69, 9.17) is 4.74 Å². The summed E-state index contributed by atoms with van der Waals surface area (Å²) in [5, 5.41) is 6.25. The summed E-state index contributed by atoms with van der Waals surface area (Å²) in [7, 11) is -3.51. The average molecular weight is 337 g/mol. The van der Waals surface area contributed by atoms with Gasteiger partial charge in [0.2, 0.25) is 10.0 Å². The minimum absolute atomic E-state index is 0.138. The Kier molecular flexibility index (Phi) is 4.69. The number of hydrogen-bond acceptors (Lipinski definition) is 6. The number of aromatic nitrogens is 4. The van der Waals surface area contributed by atoms with Gasteiger partial charge in [-0.2, -0.15) is 9.40 Å². The molecule has 2 aromatic heterocycles. The zero-order valence-electron chi connectivity index (χ0n) is 12.8. The second-order valence-electron chi connectivity index (χ2n) is 5.48. The molecule has 1 N–H and O–H groups in total. The van der Waals surface area contributed by atoms with E-state index in [0.717, 1.165) is 17.8 Å². The van der Waals surface area contributed by atoms with Crippen LogP contribution in [-0.4, -0.2) is 58.7 Å². The Labute approximate surface area is 135 Å². The van der Waals surface area contributed by atoms with Crippen molar-refractivity contribution in [1.82, 2.24) is 24.5 Å². The highest BCUT2D eigenvalue weighted by atomic mass is 32.2. The van der Waals surface area contributed by atoms with Gasteiger partial charge in [0.1, 0.15) is 11.2 Å². The van der Waals surface area contributed by atoms with Gasteiger partial charge in [0, 0.05) is 30.7 Å². The Hall–Kier alpha value is -1.84. The molecule has 8 nitrogen and oxygen atoms in total. The molecule has 0 aromatic carbocycles. The Morgan fingerprint density at radius 1 is 1.43 bits per heavy atom. The number of aryl methyl sites for hydroxylation is 2. The van der Waals surface area contributed by atoms with Crippen LogP contribution in [0.2, 0.25) is 0 Å². The van der Waals surface area contributed by atoms with Gasteiger partial charge in [-0.25, -0.2) is 18.4 Å². The fourth-order valence-electron chi connectivity index (χ4n) is 2.57. The Bertz CT molecular complexity index is 748. The van der Waals surface area contributed by atoms with Gasteiger partial charge in [-0.3, -0.25) is 5.10 Å². The van der Waals surface area contributed by atoms with E-state index in [0.29, 0.717) is 26.1 Å². The van der Waals surface area contributed by atoms with E-state index in [2.05, 4.69) is 20.2 Å². The molecule has 3 rings (SSSR count). The lowest BCUT2D eigenvalue weighted by atomic mass is 10.1. The van der Waals surface area contributed by atoms with Gasteiger partial charge in [-0.05, 0) is 25.8 Å². The summed E-state index contributed by atoms with van der Waals surface area (Å²) in [6, 6.07) is 1.93. The molecule has 0 amide bonds. The van der Waals surface area contributed by atoms with Crippen LogP contribution in [0.5, 0.6) is 0 Å². The molecular formula is C14H19N5O3S. The van der Waals surface area contributed by atoms with Crippen LogP contribution in [0.15, 0.2) is 29.7 Å². The first-order valence-electron chi connectivity index (χ1n) is 7.44. The molecule has 2 aromatic rings. The van der Waals surface area contributed by atoms with E-state index in [9.17, 15) is 8.42 Å². The lowest BCUT2D eigenvalue weighted by Gasteiger charge is -2.31. The topological polar surface area (TPSA) is 101 Å². The monoisotopic (exact) mass is 337 g/mol. The van der Waals surface area contributed by atoms with Gasteiger partial charge in [0.15, 0.2) is 0 Å². The van der Waals surface area contributed by atoms with Crippen molar-refractivity contribution in [2.24, 2.45) is 0 Å². The van der Waals surface area contributed by atoms with E-state index < -0.39 is 10.0 Å². The predicted molar refractivity (Wildman–Crippen MR) is 82.2 cm³/mol. The molecule has 0 aliphatic carbocycles. The van der Waals surface area contributed by atoms with E-state index in [1.165, 1.54) is 16.7 Å². The summed E-state index contributed by atoms with van der Waals surface area (Å²) >= 11 is 0.